The van der Waals surface area contributed by atoms with Gasteiger partial charge in [0, 0.05) is 41.5 Å². The maximum atomic E-state index is 13.0. The molecule has 0 saturated carbocycles. The van der Waals surface area contributed by atoms with Crippen LogP contribution in [0.5, 0.6) is 0 Å². The van der Waals surface area contributed by atoms with Crippen LogP contribution < -0.4 is 4.90 Å². The number of aliphatic imine (C=N–C) groups is 1. The van der Waals surface area contributed by atoms with Gasteiger partial charge in [0.2, 0.25) is 0 Å². The first-order valence-corrected chi connectivity index (χ1v) is 11.0. The Bertz CT molecular complexity index is 1140. The highest BCUT2D eigenvalue weighted by Crippen LogP contribution is 2.29. The molecule has 1 saturated heterocycles. The second-order valence-corrected chi connectivity index (χ2v) is 8.40. The van der Waals surface area contributed by atoms with Gasteiger partial charge in [-0.25, -0.2) is 4.79 Å². The van der Waals surface area contributed by atoms with Crippen molar-refractivity contribution in [1.82, 2.24) is 5.06 Å². The summed E-state index contributed by atoms with van der Waals surface area (Å²) in [5.41, 5.74) is 2.35. The molecule has 2 heterocycles. The zero-order chi connectivity index (χ0) is 22.8. The summed E-state index contributed by atoms with van der Waals surface area (Å²) >= 11 is 3.29. The predicted octanol–water partition coefficient (Wildman–Crippen LogP) is 3.68. The van der Waals surface area contributed by atoms with Crippen LogP contribution in [0.3, 0.4) is 0 Å². The molecule has 2 aromatic carbocycles. The number of carbonyl (C=O) groups excluding carboxylic acids is 4. The number of rotatable bonds is 5. The summed E-state index contributed by atoms with van der Waals surface area (Å²) in [5, 5.41) is 0.476. The van der Waals surface area contributed by atoms with Gasteiger partial charge in [0.25, 0.3) is 17.7 Å². The Labute approximate surface area is 192 Å². The normalized spacial score (nSPS) is 16.6. The lowest BCUT2D eigenvalue weighted by molar-refractivity contribution is -0.172. The highest BCUT2D eigenvalue weighted by Gasteiger charge is 2.33. The molecule has 0 radical (unpaired) electrons. The van der Waals surface area contributed by atoms with Crippen LogP contribution in [-0.2, 0) is 20.8 Å². The number of amidine groups is 1. The molecule has 4 rings (SSSR count). The van der Waals surface area contributed by atoms with E-state index in [4.69, 9.17) is 4.84 Å². The number of imide groups is 1. The molecule has 0 atom stereocenters. The van der Waals surface area contributed by atoms with Crippen LogP contribution in [0.4, 0.5) is 5.69 Å². The zero-order valence-corrected chi connectivity index (χ0v) is 18.9. The number of fused-ring (bicyclic) bond motifs is 1. The minimum Gasteiger partial charge on any atom is -0.329 e. The lowest BCUT2D eigenvalue weighted by Gasteiger charge is -2.19. The molecule has 2 aromatic rings. The maximum Gasteiger partial charge on any atom is 0.363 e. The average molecular weight is 498 g/mol. The minimum atomic E-state index is -0.905. The molecule has 3 amide bonds. The first-order chi connectivity index (χ1) is 15.4. The maximum absolute atomic E-state index is 13.0. The number of amides is 3. The molecule has 164 valence electrons. The van der Waals surface area contributed by atoms with Crippen molar-refractivity contribution in [3.8, 4) is 0 Å². The number of anilines is 1. The first kappa shape index (κ1) is 21.9. The van der Waals surface area contributed by atoms with E-state index in [-0.39, 0.29) is 24.0 Å². The van der Waals surface area contributed by atoms with Crippen molar-refractivity contribution < 1.29 is 24.0 Å². The van der Waals surface area contributed by atoms with Gasteiger partial charge in [0.15, 0.2) is 0 Å². The number of hydroxylamine groups is 2. The lowest BCUT2D eigenvalue weighted by atomic mass is 10.1. The molecule has 0 unspecified atom stereocenters. The van der Waals surface area contributed by atoms with Crippen LogP contribution in [0, 0.1) is 0 Å². The van der Waals surface area contributed by atoms with Gasteiger partial charge in [-0.2, -0.15) is 4.99 Å². The van der Waals surface area contributed by atoms with Crippen LogP contribution in [0.25, 0.3) is 0 Å². The van der Waals surface area contributed by atoms with Gasteiger partial charge in [-0.05, 0) is 36.2 Å². The van der Waals surface area contributed by atoms with E-state index in [9.17, 15) is 19.2 Å². The predicted molar refractivity (Wildman–Crippen MR) is 120 cm³/mol. The van der Waals surface area contributed by atoms with Crippen molar-refractivity contribution >= 4 is 51.1 Å². The van der Waals surface area contributed by atoms with E-state index in [1.807, 2.05) is 29.2 Å². The first-order valence-electron chi connectivity index (χ1n) is 10.2. The zero-order valence-electron chi connectivity index (χ0n) is 17.3. The average Bonchev–Trinajstić information content (AvgIpc) is 3.28. The summed E-state index contributed by atoms with van der Waals surface area (Å²) in [7, 11) is 0. The Balaban J connectivity index is 1.58. The second kappa shape index (κ2) is 9.04. The summed E-state index contributed by atoms with van der Waals surface area (Å²) in [6.07, 6.45) is 1.44. The lowest BCUT2D eigenvalue weighted by Crippen LogP contribution is -2.32. The van der Waals surface area contributed by atoms with Gasteiger partial charge in [0.1, 0.15) is 5.84 Å². The number of hydrogen-bond donors (Lipinski definition) is 0. The monoisotopic (exact) mass is 497 g/mol. The Morgan fingerprint density at radius 2 is 1.75 bits per heavy atom. The summed E-state index contributed by atoms with van der Waals surface area (Å²) < 4.78 is 0.467. The SMILES string of the molecule is CCCN1C(=NC(=O)c2cc(Br)cc(C(=O)ON3C(=O)CCC3=O)c2)Cc2ccccc21. The number of benzene rings is 2. The molecule has 9 heteroatoms. The largest absolute Gasteiger partial charge is 0.363 e. The third kappa shape index (κ3) is 4.34. The molecule has 0 aliphatic carbocycles. The van der Waals surface area contributed by atoms with Gasteiger partial charge < -0.3 is 9.74 Å². The summed E-state index contributed by atoms with van der Waals surface area (Å²) in [6, 6.07) is 12.3. The fraction of sp³-hybridized carbons (Fsp3) is 0.261. The minimum absolute atomic E-state index is 0.00245. The van der Waals surface area contributed by atoms with E-state index in [0.29, 0.717) is 21.8 Å². The third-order valence-electron chi connectivity index (χ3n) is 5.18. The Morgan fingerprint density at radius 1 is 1.06 bits per heavy atom. The van der Waals surface area contributed by atoms with Crippen molar-refractivity contribution in [3.05, 3.63) is 63.6 Å². The van der Waals surface area contributed by atoms with Crippen molar-refractivity contribution in [2.24, 2.45) is 4.99 Å². The van der Waals surface area contributed by atoms with Crippen LogP contribution in [0.2, 0.25) is 0 Å². The molecule has 0 bridgehead atoms. The van der Waals surface area contributed by atoms with Gasteiger partial charge in [0.05, 0.1) is 5.56 Å². The molecule has 8 nitrogen and oxygen atoms in total. The van der Waals surface area contributed by atoms with Gasteiger partial charge in [-0.3, -0.25) is 14.4 Å². The van der Waals surface area contributed by atoms with E-state index in [2.05, 4.69) is 27.8 Å². The van der Waals surface area contributed by atoms with E-state index < -0.39 is 23.7 Å². The topological polar surface area (TPSA) is 96.3 Å². The number of para-hydroxylation sites is 1. The highest BCUT2D eigenvalue weighted by atomic mass is 79.9. The highest BCUT2D eigenvalue weighted by molar-refractivity contribution is 9.10. The number of hydrogen-bond acceptors (Lipinski definition) is 5. The Hall–Kier alpha value is -3.33. The third-order valence-corrected chi connectivity index (χ3v) is 5.64. The Kier molecular flexibility index (Phi) is 6.18. The summed E-state index contributed by atoms with van der Waals surface area (Å²) in [4.78, 5) is 60.2. The summed E-state index contributed by atoms with van der Waals surface area (Å²) in [6.45, 7) is 2.79. The number of carbonyl (C=O) groups is 4. The van der Waals surface area contributed by atoms with E-state index >= 15 is 0 Å². The van der Waals surface area contributed by atoms with Gasteiger partial charge >= 0.3 is 5.97 Å². The molecule has 2 aliphatic heterocycles. The molecular formula is C23H20BrN3O5. The van der Waals surface area contributed by atoms with E-state index in [1.54, 1.807) is 6.07 Å². The molecule has 0 N–H and O–H groups in total. The molecule has 0 aromatic heterocycles. The molecule has 0 spiro atoms. The van der Waals surface area contributed by atoms with Crippen LogP contribution >= 0.6 is 15.9 Å². The number of nitrogens with zero attached hydrogens (tertiary/aromatic N) is 3. The summed E-state index contributed by atoms with van der Waals surface area (Å²) in [5.74, 6) is -1.90. The van der Waals surface area contributed by atoms with Crippen molar-refractivity contribution in [3.63, 3.8) is 0 Å². The van der Waals surface area contributed by atoms with Gasteiger partial charge in [-0.15, -0.1) is 5.06 Å². The fourth-order valence-corrected chi connectivity index (χ4v) is 4.20. The second-order valence-electron chi connectivity index (χ2n) is 7.48. The smallest absolute Gasteiger partial charge is 0.329 e. The molecular weight excluding hydrogens is 478 g/mol. The van der Waals surface area contributed by atoms with Crippen molar-refractivity contribution in [2.75, 3.05) is 11.4 Å². The molecule has 2 aliphatic rings. The number of halogens is 1. The van der Waals surface area contributed by atoms with Crippen LogP contribution in [-0.4, -0.2) is 41.1 Å². The van der Waals surface area contributed by atoms with Gasteiger partial charge in [-0.1, -0.05) is 41.1 Å². The Morgan fingerprint density at radius 3 is 2.47 bits per heavy atom. The van der Waals surface area contributed by atoms with Crippen molar-refractivity contribution in [1.29, 1.82) is 0 Å². The molecule has 1 fully saturated rings. The van der Waals surface area contributed by atoms with Crippen molar-refractivity contribution in [2.45, 2.75) is 32.6 Å². The van der Waals surface area contributed by atoms with E-state index in [0.717, 1.165) is 24.2 Å². The quantitative estimate of drug-likeness (QED) is 0.584. The van der Waals surface area contributed by atoms with E-state index in [1.165, 1.54) is 12.1 Å². The van der Waals surface area contributed by atoms with Crippen LogP contribution in [0.1, 0.15) is 52.5 Å². The standard InChI is InChI=1S/C23H20BrN3O5/c1-2-9-26-18-6-4-3-5-14(18)13-19(26)25-22(30)15-10-16(12-17(24)11-15)23(31)32-27-20(28)7-8-21(27)29/h3-6,10-12H,2,7-9,13H2,1H3. The fourth-order valence-electron chi connectivity index (χ4n) is 3.71. The molecule has 32 heavy (non-hydrogen) atoms. The van der Waals surface area contributed by atoms with Crippen LogP contribution in [0.15, 0.2) is 51.9 Å².